The van der Waals surface area contributed by atoms with Crippen LogP contribution in [-0.4, -0.2) is 27.7 Å². The van der Waals surface area contributed by atoms with Crippen LogP contribution in [0.5, 0.6) is 5.75 Å². The van der Waals surface area contributed by atoms with E-state index in [-0.39, 0.29) is 0 Å². The van der Waals surface area contributed by atoms with E-state index in [9.17, 15) is 0 Å². The van der Waals surface area contributed by atoms with Gasteiger partial charge >= 0.3 is 0 Å². The van der Waals surface area contributed by atoms with Gasteiger partial charge in [0.15, 0.2) is 0 Å². The fourth-order valence-corrected chi connectivity index (χ4v) is 3.09. The average Bonchev–Trinajstić information content (AvgIpc) is 3.15. The van der Waals surface area contributed by atoms with Gasteiger partial charge < -0.3 is 15.4 Å². The molecule has 1 aromatic carbocycles. The van der Waals surface area contributed by atoms with E-state index in [1.54, 1.807) is 7.11 Å². The molecule has 0 radical (unpaired) electrons. The highest BCUT2D eigenvalue weighted by Crippen LogP contribution is 2.55. The third kappa shape index (κ3) is 2.63. The Labute approximate surface area is 116 Å². The van der Waals surface area contributed by atoms with Gasteiger partial charge in [-0.25, -0.2) is 0 Å². The van der Waals surface area contributed by atoms with Crippen LogP contribution < -0.4 is 15.4 Å². The molecule has 1 unspecified atom stereocenters. The van der Waals surface area contributed by atoms with Crippen LogP contribution in [0.1, 0.15) is 35.6 Å². The van der Waals surface area contributed by atoms with E-state index in [1.807, 2.05) is 7.05 Å². The molecule has 0 spiro atoms. The topological polar surface area (TPSA) is 33.3 Å². The van der Waals surface area contributed by atoms with E-state index >= 15 is 0 Å². The van der Waals surface area contributed by atoms with E-state index < -0.39 is 0 Å². The number of methoxy groups -OCH3 is 1. The summed E-state index contributed by atoms with van der Waals surface area (Å²) in [6.45, 7) is 5.35. The SMILES string of the molecule is CNCC1(C(NC)c2cc(C)c(C)cc2OC)CC1. The fraction of sp³-hybridized carbons (Fsp3) is 0.625. The van der Waals surface area contributed by atoms with E-state index in [0.29, 0.717) is 11.5 Å². The Morgan fingerprint density at radius 2 is 1.84 bits per heavy atom. The molecule has 0 aliphatic heterocycles. The minimum Gasteiger partial charge on any atom is -0.496 e. The van der Waals surface area contributed by atoms with Gasteiger partial charge in [-0.1, -0.05) is 6.07 Å². The van der Waals surface area contributed by atoms with Gasteiger partial charge in [-0.2, -0.15) is 0 Å². The zero-order valence-corrected chi connectivity index (χ0v) is 12.8. The lowest BCUT2D eigenvalue weighted by Crippen LogP contribution is -2.33. The van der Waals surface area contributed by atoms with Crippen LogP contribution in [0.3, 0.4) is 0 Å². The normalized spacial score (nSPS) is 18.2. The minimum atomic E-state index is 0.346. The summed E-state index contributed by atoms with van der Waals surface area (Å²) in [7, 11) is 5.84. The van der Waals surface area contributed by atoms with Gasteiger partial charge in [0.05, 0.1) is 7.11 Å². The number of benzene rings is 1. The third-order valence-electron chi connectivity index (χ3n) is 4.48. The van der Waals surface area contributed by atoms with E-state index in [0.717, 1.165) is 12.3 Å². The first-order valence-electron chi connectivity index (χ1n) is 7.05. The van der Waals surface area contributed by atoms with Gasteiger partial charge in [0.2, 0.25) is 0 Å². The maximum Gasteiger partial charge on any atom is 0.123 e. The summed E-state index contributed by atoms with van der Waals surface area (Å²) in [6, 6.07) is 4.80. The van der Waals surface area contributed by atoms with Gasteiger partial charge in [-0.15, -0.1) is 0 Å². The maximum atomic E-state index is 5.60. The quantitative estimate of drug-likeness (QED) is 0.826. The van der Waals surface area contributed by atoms with Crippen molar-refractivity contribution in [3.05, 3.63) is 28.8 Å². The Morgan fingerprint density at radius 1 is 1.21 bits per heavy atom. The molecule has 1 aliphatic carbocycles. The molecule has 0 aromatic heterocycles. The summed E-state index contributed by atoms with van der Waals surface area (Å²) in [5, 5.41) is 6.85. The molecular weight excluding hydrogens is 236 g/mol. The Morgan fingerprint density at radius 3 is 2.32 bits per heavy atom. The molecule has 0 heterocycles. The Balaban J connectivity index is 2.41. The van der Waals surface area contributed by atoms with Crippen LogP contribution in [0.25, 0.3) is 0 Å². The van der Waals surface area contributed by atoms with Crippen molar-refractivity contribution in [3.63, 3.8) is 0 Å². The van der Waals surface area contributed by atoms with Crippen LogP contribution in [0.4, 0.5) is 0 Å². The molecular formula is C16H26N2O. The van der Waals surface area contributed by atoms with Gasteiger partial charge in [-0.05, 0) is 58.0 Å². The molecule has 19 heavy (non-hydrogen) atoms. The molecule has 1 saturated carbocycles. The summed E-state index contributed by atoms with van der Waals surface area (Å²) in [5.41, 5.74) is 4.25. The highest BCUT2D eigenvalue weighted by Gasteiger charge is 2.49. The van der Waals surface area contributed by atoms with Crippen molar-refractivity contribution in [3.8, 4) is 5.75 Å². The second-order valence-corrected chi connectivity index (χ2v) is 5.79. The Kier molecular flexibility index (Phi) is 4.16. The zero-order chi connectivity index (χ0) is 14.0. The number of hydrogen-bond donors (Lipinski definition) is 2. The molecule has 1 aliphatic rings. The average molecular weight is 262 g/mol. The largest absolute Gasteiger partial charge is 0.496 e. The van der Waals surface area contributed by atoms with Crippen LogP contribution in [0, 0.1) is 19.3 Å². The van der Waals surface area contributed by atoms with Crippen molar-refractivity contribution in [1.29, 1.82) is 0 Å². The number of aryl methyl sites for hydroxylation is 2. The van der Waals surface area contributed by atoms with Gasteiger partial charge in [0, 0.05) is 23.6 Å². The summed E-state index contributed by atoms with van der Waals surface area (Å²) in [5.74, 6) is 1.00. The third-order valence-corrected chi connectivity index (χ3v) is 4.48. The summed E-state index contributed by atoms with van der Waals surface area (Å²) in [6.07, 6.45) is 2.55. The zero-order valence-electron chi connectivity index (χ0n) is 12.8. The first-order valence-corrected chi connectivity index (χ1v) is 7.05. The predicted molar refractivity (Wildman–Crippen MR) is 79.9 cm³/mol. The lowest BCUT2D eigenvalue weighted by atomic mass is 9.87. The van der Waals surface area contributed by atoms with Gasteiger partial charge in [-0.3, -0.25) is 0 Å². The molecule has 0 saturated heterocycles. The smallest absolute Gasteiger partial charge is 0.123 e. The van der Waals surface area contributed by atoms with Crippen molar-refractivity contribution in [2.45, 2.75) is 32.7 Å². The van der Waals surface area contributed by atoms with Crippen LogP contribution >= 0.6 is 0 Å². The monoisotopic (exact) mass is 262 g/mol. The molecule has 2 N–H and O–H groups in total. The molecule has 0 amide bonds. The van der Waals surface area contributed by atoms with Crippen molar-refractivity contribution in [2.24, 2.45) is 5.41 Å². The molecule has 3 nitrogen and oxygen atoms in total. The second-order valence-electron chi connectivity index (χ2n) is 5.79. The molecule has 2 rings (SSSR count). The maximum absolute atomic E-state index is 5.60. The number of rotatable bonds is 6. The molecule has 1 fully saturated rings. The van der Waals surface area contributed by atoms with E-state index in [2.05, 4.69) is 43.7 Å². The van der Waals surface area contributed by atoms with Gasteiger partial charge in [0.1, 0.15) is 5.75 Å². The fourth-order valence-electron chi connectivity index (χ4n) is 3.09. The number of hydrogen-bond acceptors (Lipinski definition) is 3. The second kappa shape index (κ2) is 5.51. The molecule has 1 atom stereocenters. The first-order chi connectivity index (χ1) is 9.07. The Hall–Kier alpha value is -1.06. The number of ether oxygens (including phenoxy) is 1. The first kappa shape index (κ1) is 14.4. The summed E-state index contributed by atoms with van der Waals surface area (Å²) < 4.78 is 5.60. The Bertz CT molecular complexity index is 452. The van der Waals surface area contributed by atoms with E-state index in [1.165, 1.54) is 29.5 Å². The van der Waals surface area contributed by atoms with Crippen molar-refractivity contribution < 1.29 is 4.74 Å². The number of nitrogens with one attached hydrogen (secondary N) is 2. The van der Waals surface area contributed by atoms with Crippen LogP contribution in [-0.2, 0) is 0 Å². The van der Waals surface area contributed by atoms with Crippen molar-refractivity contribution in [2.75, 3.05) is 27.7 Å². The van der Waals surface area contributed by atoms with E-state index in [4.69, 9.17) is 4.74 Å². The molecule has 0 bridgehead atoms. The standard InChI is InChI=1S/C16H26N2O/c1-11-8-13(14(19-5)9-12(11)2)15(18-4)16(6-7-16)10-17-3/h8-9,15,17-18H,6-7,10H2,1-5H3. The molecule has 1 aromatic rings. The summed E-state index contributed by atoms with van der Waals surface area (Å²) in [4.78, 5) is 0. The lowest BCUT2D eigenvalue weighted by Gasteiger charge is -2.29. The lowest BCUT2D eigenvalue weighted by molar-refractivity contribution is 0.329. The molecule has 3 heteroatoms. The van der Waals surface area contributed by atoms with Crippen molar-refractivity contribution >= 4 is 0 Å². The van der Waals surface area contributed by atoms with Crippen LogP contribution in [0.15, 0.2) is 12.1 Å². The highest BCUT2D eigenvalue weighted by atomic mass is 16.5. The molecule has 106 valence electrons. The van der Waals surface area contributed by atoms with Crippen LogP contribution in [0.2, 0.25) is 0 Å². The van der Waals surface area contributed by atoms with Crippen molar-refractivity contribution in [1.82, 2.24) is 10.6 Å². The highest BCUT2D eigenvalue weighted by molar-refractivity contribution is 5.45. The minimum absolute atomic E-state index is 0.346. The summed E-state index contributed by atoms with van der Waals surface area (Å²) >= 11 is 0. The predicted octanol–water partition coefficient (Wildman–Crippen LogP) is 2.57. The van der Waals surface area contributed by atoms with Gasteiger partial charge in [0.25, 0.3) is 0 Å².